The summed E-state index contributed by atoms with van der Waals surface area (Å²) < 4.78 is 13.3. The molecule has 1 atom stereocenters. The van der Waals surface area contributed by atoms with E-state index in [1.165, 1.54) is 11.6 Å². The van der Waals surface area contributed by atoms with Crippen molar-refractivity contribution in [1.82, 2.24) is 0 Å². The topological polar surface area (TPSA) is 0 Å². The second kappa shape index (κ2) is 5.40. The smallest absolute Gasteiger partial charge is 0.126 e. The first-order valence-corrected chi connectivity index (χ1v) is 7.15. The lowest BCUT2D eigenvalue weighted by Gasteiger charge is -2.27. The monoisotopic (exact) mass is 270 g/mol. The molecule has 2 rings (SSSR count). The molecule has 0 nitrogen and oxygen atoms in total. The van der Waals surface area contributed by atoms with Crippen LogP contribution >= 0.6 is 0 Å². The predicted octanol–water partition coefficient (Wildman–Crippen LogP) is 5.95. The summed E-state index contributed by atoms with van der Waals surface area (Å²) in [6.07, 6.45) is 0. The molecule has 2 aromatic rings. The van der Waals surface area contributed by atoms with Crippen LogP contribution in [0.3, 0.4) is 0 Å². The first-order chi connectivity index (χ1) is 9.29. The summed E-state index contributed by atoms with van der Waals surface area (Å²) in [5.41, 5.74) is 4.50. The summed E-state index contributed by atoms with van der Waals surface area (Å²) >= 11 is 0. The Morgan fingerprint density at radius 2 is 1.45 bits per heavy atom. The maximum Gasteiger partial charge on any atom is 0.126 e. The van der Waals surface area contributed by atoms with Gasteiger partial charge in [0.2, 0.25) is 0 Å². The van der Waals surface area contributed by atoms with Crippen molar-refractivity contribution in [3.8, 4) is 11.1 Å². The predicted molar refractivity (Wildman–Crippen MR) is 84.4 cm³/mol. The zero-order chi connectivity index (χ0) is 14.9. The number of hydrogen-bond acceptors (Lipinski definition) is 0. The van der Waals surface area contributed by atoms with Crippen molar-refractivity contribution in [3.63, 3.8) is 0 Å². The number of benzene rings is 2. The lowest BCUT2D eigenvalue weighted by molar-refractivity contribution is 0.339. The Labute approximate surface area is 121 Å². The number of aryl methyl sites for hydroxylation is 1. The largest absolute Gasteiger partial charge is 0.207 e. The Kier molecular flexibility index (Phi) is 3.99. The van der Waals surface area contributed by atoms with E-state index in [1.807, 2.05) is 12.1 Å². The molecule has 0 amide bonds. The van der Waals surface area contributed by atoms with Crippen molar-refractivity contribution >= 4 is 0 Å². The fourth-order valence-corrected chi connectivity index (χ4v) is 2.29. The summed E-state index contributed by atoms with van der Waals surface area (Å²) in [6.45, 7) is 10.8. The lowest BCUT2D eigenvalue weighted by Crippen LogP contribution is -2.15. The summed E-state index contributed by atoms with van der Waals surface area (Å²) in [6, 6.07) is 13.9. The third kappa shape index (κ3) is 3.09. The van der Waals surface area contributed by atoms with Gasteiger partial charge >= 0.3 is 0 Å². The fourth-order valence-electron chi connectivity index (χ4n) is 2.29. The SMILES string of the molecule is Cc1cc(-c2ccc([C@H](C)C(C)(C)C)cc2)ccc1F. The molecule has 0 bridgehead atoms. The Bertz CT molecular complexity index is 588. The molecule has 106 valence electrons. The third-order valence-electron chi connectivity index (χ3n) is 4.20. The van der Waals surface area contributed by atoms with Gasteiger partial charge in [0, 0.05) is 0 Å². The molecule has 0 heterocycles. The van der Waals surface area contributed by atoms with E-state index in [4.69, 9.17) is 0 Å². The first-order valence-electron chi connectivity index (χ1n) is 7.15. The van der Waals surface area contributed by atoms with Gasteiger partial charge in [-0.3, -0.25) is 0 Å². The molecule has 2 aromatic carbocycles. The summed E-state index contributed by atoms with van der Waals surface area (Å²) in [4.78, 5) is 0. The maximum absolute atomic E-state index is 13.3. The van der Waals surface area contributed by atoms with Gasteiger partial charge in [-0.05, 0) is 52.6 Å². The lowest BCUT2D eigenvalue weighted by atomic mass is 9.77. The minimum atomic E-state index is -0.147. The Hall–Kier alpha value is -1.63. The fraction of sp³-hybridized carbons (Fsp3) is 0.368. The van der Waals surface area contributed by atoms with Crippen LogP contribution in [0.1, 0.15) is 44.7 Å². The molecular weight excluding hydrogens is 247 g/mol. The molecular formula is C19H23F. The normalized spacial score (nSPS) is 13.3. The summed E-state index contributed by atoms with van der Waals surface area (Å²) in [7, 11) is 0. The number of rotatable bonds is 2. The van der Waals surface area contributed by atoms with Crippen LogP contribution in [0.5, 0.6) is 0 Å². The number of halogens is 1. The van der Waals surface area contributed by atoms with Gasteiger partial charge in [0.25, 0.3) is 0 Å². The molecule has 0 radical (unpaired) electrons. The zero-order valence-corrected chi connectivity index (χ0v) is 13.0. The Morgan fingerprint density at radius 3 is 1.95 bits per heavy atom. The quantitative estimate of drug-likeness (QED) is 0.632. The Balaban J connectivity index is 2.30. The van der Waals surface area contributed by atoms with E-state index in [9.17, 15) is 4.39 Å². The van der Waals surface area contributed by atoms with Crippen LogP contribution in [0.15, 0.2) is 42.5 Å². The molecule has 0 aromatic heterocycles. The van der Waals surface area contributed by atoms with Crippen LogP contribution in [0.2, 0.25) is 0 Å². The van der Waals surface area contributed by atoms with E-state index in [-0.39, 0.29) is 11.2 Å². The highest BCUT2D eigenvalue weighted by Crippen LogP contribution is 2.35. The Morgan fingerprint density at radius 1 is 0.900 bits per heavy atom. The highest BCUT2D eigenvalue weighted by molar-refractivity contribution is 5.64. The second-order valence-corrected chi connectivity index (χ2v) is 6.67. The van der Waals surface area contributed by atoms with Crippen molar-refractivity contribution in [2.75, 3.05) is 0 Å². The number of hydrogen-bond donors (Lipinski definition) is 0. The second-order valence-electron chi connectivity index (χ2n) is 6.67. The molecule has 20 heavy (non-hydrogen) atoms. The van der Waals surface area contributed by atoms with Crippen LogP contribution in [-0.2, 0) is 0 Å². The minimum absolute atomic E-state index is 0.147. The molecule has 0 aliphatic heterocycles. The van der Waals surface area contributed by atoms with Crippen LogP contribution in [0, 0.1) is 18.2 Å². The third-order valence-corrected chi connectivity index (χ3v) is 4.20. The average Bonchev–Trinajstić information content (AvgIpc) is 2.40. The minimum Gasteiger partial charge on any atom is -0.207 e. The van der Waals surface area contributed by atoms with Gasteiger partial charge in [-0.25, -0.2) is 4.39 Å². The molecule has 0 N–H and O–H groups in total. The van der Waals surface area contributed by atoms with Gasteiger partial charge < -0.3 is 0 Å². The van der Waals surface area contributed by atoms with E-state index in [0.29, 0.717) is 11.5 Å². The van der Waals surface area contributed by atoms with Crippen molar-refractivity contribution in [1.29, 1.82) is 0 Å². The van der Waals surface area contributed by atoms with Crippen molar-refractivity contribution in [2.45, 2.75) is 40.5 Å². The molecule has 0 aliphatic carbocycles. The van der Waals surface area contributed by atoms with Crippen molar-refractivity contribution in [3.05, 3.63) is 59.4 Å². The van der Waals surface area contributed by atoms with Crippen LogP contribution in [0.4, 0.5) is 4.39 Å². The van der Waals surface area contributed by atoms with Gasteiger partial charge in [-0.15, -0.1) is 0 Å². The molecule has 0 aliphatic rings. The van der Waals surface area contributed by atoms with Gasteiger partial charge in [0.1, 0.15) is 5.82 Å². The molecule has 0 saturated heterocycles. The van der Waals surface area contributed by atoms with Gasteiger partial charge in [-0.2, -0.15) is 0 Å². The van der Waals surface area contributed by atoms with E-state index in [0.717, 1.165) is 11.1 Å². The van der Waals surface area contributed by atoms with E-state index in [2.05, 4.69) is 52.0 Å². The zero-order valence-electron chi connectivity index (χ0n) is 13.0. The van der Waals surface area contributed by atoms with Crippen molar-refractivity contribution in [2.24, 2.45) is 5.41 Å². The molecule has 0 unspecified atom stereocenters. The van der Waals surface area contributed by atoms with Gasteiger partial charge in [-0.1, -0.05) is 58.0 Å². The average molecular weight is 270 g/mol. The summed E-state index contributed by atoms with van der Waals surface area (Å²) in [5, 5.41) is 0. The van der Waals surface area contributed by atoms with Crippen LogP contribution in [-0.4, -0.2) is 0 Å². The van der Waals surface area contributed by atoms with E-state index >= 15 is 0 Å². The van der Waals surface area contributed by atoms with E-state index < -0.39 is 0 Å². The molecule has 0 spiro atoms. The van der Waals surface area contributed by atoms with Crippen molar-refractivity contribution < 1.29 is 4.39 Å². The molecule has 0 saturated carbocycles. The van der Waals surface area contributed by atoms with E-state index in [1.54, 1.807) is 6.92 Å². The standard InChI is InChI=1S/C19H23F/c1-13-12-17(10-11-18(13)20)16-8-6-15(7-9-16)14(2)19(3,4)5/h6-12,14H,1-5H3/t14-/m0/s1. The first kappa shape index (κ1) is 14.8. The van der Waals surface area contributed by atoms with Gasteiger partial charge in [0.05, 0.1) is 0 Å². The molecule has 1 heteroatoms. The van der Waals surface area contributed by atoms with Gasteiger partial charge in [0.15, 0.2) is 0 Å². The molecule has 0 fully saturated rings. The summed E-state index contributed by atoms with van der Waals surface area (Å²) in [5.74, 6) is 0.359. The van der Waals surface area contributed by atoms with Crippen LogP contribution in [0.25, 0.3) is 11.1 Å². The highest BCUT2D eigenvalue weighted by atomic mass is 19.1. The maximum atomic E-state index is 13.3. The highest BCUT2D eigenvalue weighted by Gasteiger charge is 2.21. The van der Waals surface area contributed by atoms with Crippen LogP contribution < -0.4 is 0 Å².